The first-order valence-electron chi connectivity index (χ1n) is 11.4. The number of benzene rings is 1. The summed E-state index contributed by atoms with van der Waals surface area (Å²) in [5, 5.41) is 36.3. The van der Waals surface area contributed by atoms with Gasteiger partial charge in [0, 0.05) is 31.4 Å². The van der Waals surface area contributed by atoms with Gasteiger partial charge in [-0.15, -0.1) is 0 Å². The summed E-state index contributed by atoms with van der Waals surface area (Å²) < 4.78 is 41.7. The largest absolute Gasteiger partial charge is 0.507 e. The molecule has 2 aromatic heterocycles. The van der Waals surface area contributed by atoms with Gasteiger partial charge in [-0.1, -0.05) is 0 Å². The fourth-order valence-electron chi connectivity index (χ4n) is 4.49. The SMILES string of the molecule is COC(=O)Nc1nn(C2(CC#N)CCN(Cc3cc(O)c(-c4ccco4)cc3F)CC2F)cc1C(N)O. The molecule has 4 rings (SSSR count). The number of phenolic OH excluding ortho intramolecular Hbond substituents is 1. The Balaban J connectivity index is 1.56. The number of hydrogen-bond donors (Lipinski definition) is 4. The number of piperidine rings is 1. The predicted octanol–water partition coefficient (Wildman–Crippen LogP) is 2.97. The molecule has 11 nitrogen and oxygen atoms in total. The van der Waals surface area contributed by atoms with Gasteiger partial charge < -0.3 is 25.1 Å². The molecule has 3 unspecified atom stereocenters. The standard InChI is InChI=1S/C24H26F2N6O5/c1-36-23(35)29-22-16(21(28)34)12-32(30-22)24(4-6-27)5-7-31(13-20(24)26)11-14-9-18(33)15(10-17(14)25)19-3-2-8-37-19/h2-3,8-10,12,20-21,33-34H,4-5,7,11,13,28H2,1H3,(H,29,30,35). The highest BCUT2D eigenvalue weighted by Gasteiger charge is 2.46. The zero-order chi connectivity index (χ0) is 26.7. The molecule has 1 fully saturated rings. The van der Waals surface area contributed by atoms with E-state index in [1.807, 2.05) is 6.07 Å². The van der Waals surface area contributed by atoms with Crippen LogP contribution in [-0.4, -0.2) is 57.4 Å². The fourth-order valence-corrected chi connectivity index (χ4v) is 4.49. The van der Waals surface area contributed by atoms with E-state index in [2.05, 4.69) is 15.2 Å². The predicted molar refractivity (Wildman–Crippen MR) is 126 cm³/mol. The molecule has 3 atom stereocenters. The van der Waals surface area contributed by atoms with E-state index in [0.29, 0.717) is 5.76 Å². The maximum absolute atomic E-state index is 15.8. The average molecular weight is 517 g/mol. The van der Waals surface area contributed by atoms with Crippen LogP contribution in [0.15, 0.2) is 41.1 Å². The number of nitriles is 1. The van der Waals surface area contributed by atoms with Gasteiger partial charge in [0.1, 0.15) is 35.3 Å². The van der Waals surface area contributed by atoms with E-state index < -0.39 is 29.8 Å². The number of carbonyl (C=O) groups excluding carboxylic acids is 1. The number of carbonyl (C=O) groups is 1. The molecular weight excluding hydrogens is 490 g/mol. The van der Waals surface area contributed by atoms with E-state index in [4.69, 9.17) is 10.2 Å². The molecule has 0 spiro atoms. The minimum Gasteiger partial charge on any atom is -0.507 e. The smallest absolute Gasteiger partial charge is 0.412 e. The maximum atomic E-state index is 15.8. The minimum atomic E-state index is -1.63. The molecule has 1 amide bonds. The number of likely N-dealkylation sites (tertiary alicyclic amines) is 1. The van der Waals surface area contributed by atoms with Gasteiger partial charge in [-0.05, 0) is 30.7 Å². The Bertz CT molecular complexity index is 1310. The zero-order valence-corrected chi connectivity index (χ0v) is 19.9. The number of anilines is 1. The molecule has 5 N–H and O–H groups in total. The first kappa shape index (κ1) is 26.1. The molecule has 0 aliphatic carbocycles. The molecule has 1 aromatic carbocycles. The lowest BCUT2D eigenvalue weighted by atomic mass is 9.83. The molecule has 1 saturated heterocycles. The summed E-state index contributed by atoms with van der Waals surface area (Å²) in [5.41, 5.74) is 4.56. The number of amides is 1. The van der Waals surface area contributed by atoms with Crippen LogP contribution < -0.4 is 11.1 Å². The lowest BCUT2D eigenvalue weighted by Gasteiger charge is -2.43. The quantitative estimate of drug-likeness (QED) is 0.346. The summed E-state index contributed by atoms with van der Waals surface area (Å²) in [6.45, 7) is 0.117. The maximum Gasteiger partial charge on any atom is 0.412 e. The van der Waals surface area contributed by atoms with E-state index in [0.717, 1.165) is 7.11 Å². The summed E-state index contributed by atoms with van der Waals surface area (Å²) in [5.74, 6) is -0.564. The van der Waals surface area contributed by atoms with Crippen LogP contribution >= 0.6 is 0 Å². The molecule has 37 heavy (non-hydrogen) atoms. The number of furan rings is 1. The normalized spacial score (nSPS) is 20.8. The van der Waals surface area contributed by atoms with Crippen LogP contribution in [0, 0.1) is 17.1 Å². The number of nitrogens with zero attached hydrogens (tertiary/aromatic N) is 4. The molecule has 3 heterocycles. The van der Waals surface area contributed by atoms with Crippen LogP contribution in [-0.2, 0) is 16.8 Å². The number of halogens is 2. The van der Waals surface area contributed by atoms with Gasteiger partial charge in [-0.3, -0.25) is 14.9 Å². The van der Waals surface area contributed by atoms with Crippen molar-refractivity contribution in [2.75, 3.05) is 25.5 Å². The van der Waals surface area contributed by atoms with Crippen molar-refractivity contribution in [2.45, 2.75) is 37.3 Å². The Morgan fingerprint density at radius 2 is 2.30 bits per heavy atom. The monoisotopic (exact) mass is 516 g/mol. The van der Waals surface area contributed by atoms with Crippen molar-refractivity contribution in [3.05, 3.63) is 53.7 Å². The summed E-state index contributed by atoms with van der Waals surface area (Å²) in [6, 6.07) is 7.65. The van der Waals surface area contributed by atoms with Gasteiger partial charge in [-0.2, -0.15) is 10.4 Å². The van der Waals surface area contributed by atoms with Crippen LogP contribution in [0.2, 0.25) is 0 Å². The van der Waals surface area contributed by atoms with Crippen LogP contribution in [0.1, 0.15) is 30.2 Å². The molecular formula is C24H26F2N6O5. The van der Waals surface area contributed by atoms with Gasteiger partial charge in [0.25, 0.3) is 0 Å². The summed E-state index contributed by atoms with van der Waals surface area (Å²) in [6.07, 6.45) is -1.47. The van der Waals surface area contributed by atoms with E-state index in [1.165, 1.54) is 29.3 Å². The van der Waals surface area contributed by atoms with E-state index in [1.54, 1.807) is 17.0 Å². The van der Waals surface area contributed by atoms with E-state index in [9.17, 15) is 24.7 Å². The number of hydrogen-bond acceptors (Lipinski definition) is 9. The molecule has 196 valence electrons. The third-order valence-corrected chi connectivity index (χ3v) is 6.52. The molecule has 0 bridgehead atoms. The number of alkyl halides is 1. The van der Waals surface area contributed by atoms with Gasteiger partial charge >= 0.3 is 6.09 Å². The van der Waals surface area contributed by atoms with Crippen molar-refractivity contribution in [1.29, 1.82) is 5.26 Å². The molecule has 13 heteroatoms. The Morgan fingerprint density at radius 3 is 2.92 bits per heavy atom. The van der Waals surface area contributed by atoms with Crippen LogP contribution in [0.3, 0.4) is 0 Å². The highest BCUT2D eigenvalue weighted by molar-refractivity contribution is 5.84. The molecule has 0 saturated carbocycles. The minimum absolute atomic E-state index is 0.0158. The lowest BCUT2D eigenvalue weighted by Crippen LogP contribution is -2.54. The number of aromatic nitrogens is 2. The van der Waals surface area contributed by atoms with Gasteiger partial charge in [-0.25, -0.2) is 13.6 Å². The highest BCUT2D eigenvalue weighted by Crippen LogP contribution is 2.38. The first-order valence-corrected chi connectivity index (χ1v) is 11.4. The van der Waals surface area contributed by atoms with Crippen molar-refractivity contribution in [1.82, 2.24) is 14.7 Å². The van der Waals surface area contributed by atoms with Crippen molar-refractivity contribution in [3.8, 4) is 23.1 Å². The van der Waals surface area contributed by atoms with Gasteiger partial charge in [0.15, 0.2) is 5.82 Å². The Labute approximate surface area is 210 Å². The molecule has 1 aliphatic heterocycles. The number of nitrogens with one attached hydrogen (secondary N) is 1. The molecule has 1 aliphatic rings. The first-order chi connectivity index (χ1) is 17.7. The molecule has 3 aromatic rings. The lowest BCUT2D eigenvalue weighted by molar-refractivity contribution is 0.00644. The number of methoxy groups -OCH3 is 1. The molecule has 0 radical (unpaired) electrons. The number of phenols is 1. The second-order valence-corrected chi connectivity index (χ2v) is 8.77. The van der Waals surface area contributed by atoms with E-state index >= 15 is 4.39 Å². The summed E-state index contributed by atoms with van der Waals surface area (Å²) >= 11 is 0. The van der Waals surface area contributed by atoms with Gasteiger partial charge in [0.2, 0.25) is 0 Å². The van der Waals surface area contributed by atoms with Gasteiger partial charge in [0.05, 0.1) is 37.0 Å². The number of aromatic hydroxyl groups is 1. The van der Waals surface area contributed by atoms with Crippen LogP contribution in [0.5, 0.6) is 5.75 Å². The van der Waals surface area contributed by atoms with Crippen molar-refractivity contribution in [2.24, 2.45) is 5.73 Å². The second-order valence-electron chi connectivity index (χ2n) is 8.77. The number of rotatable bonds is 7. The average Bonchev–Trinajstić information content (AvgIpc) is 3.54. The number of aliphatic hydroxyl groups excluding tert-OH is 1. The third kappa shape index (κ3) is 5.12. The van der Waals surface area contributed by atoms with Crippen molar-refractivity contribution >= 4 is 11.9 Å². The third-order valence-electron chi connectivity index (χ3n) is 6.52. The summed E-state index contributed by atoms with van der Waals surface area (Å²) in [7, 11) is 1.14. The van der Waals surface area contributed by atoms with E-state index in [-0.39, 0.29) is 60.7 Å². The van der Waals surface area contributed by atoms with Crippen molar-refractivity contribution in [3.63, 3.8) is 0 Å². The topological polar surface area (TPSA) is 163 Å². The summed E-state index contributed by atoms with van der Waals surface area (Å²) in [4.78, 5) is 13.3. The highest BCUT2D eigenvalue weighted by atomic mass is 19.1. The van der Waals surface area contributed by atoms with Crippen molar-refractivity contribution < 1.29 is 32.9 Å². The van der Waals surface area contributed by atoms with Crippen LogP contribution in [0.25, 0.3) is 11.3 Å². The number of nitrogens with two attached hydrogens (primary N) is 1. The Hall–Kier alpha value is -3.99. The second kappa shape index (κ2) is 10.6. The number of ether oxygens (including phenoxy) is 1. The zero-order valence-electron chi connectivity index (χ0n) is 19.9. The fraction of sp³-hybridized carbons (Fsp3) is 0.375. The number of aliphatic hydroxyl groups is 1. The Kier molecular flexibility index (Phi) is 7.44. The Morgan fingerprint density at radius 1 is 1.51 bits per heavy atom. The van der Waals surface area contributed by atoms with Crippen LogP contribution in [0.4, 0.5) is 19.4 Å².